The monoisotopic (exact) mass is 405 g/mol. The van der Waals surface area contributed by atoms with E-state index in [0.717, 1.165) is 43.4 Å². The molecule has 0 aromatic heterocycles. The van der Waals surface area contributed by atoms with Crippen molar-refractivity contribution in [3.8, 4) is 0 Å². The lowest BCUT2D eigenvalue weighted by molar-refractivity contribution is -0.126. The van der Waals surface area contributed by atoms with E-state index < -0.39 is 10.0 Å². The van der Waals surface area contributed by atoms with Crippen LogP contribution >= 0.6 is 0 Å². The quantitative estimate of drug-likeness (QED) is 0.825. The number of carbonyl (C=O) groups is 2. The van der Waals surface area contributed by atoms with Crippen LogP contribution in [0, 0.1) is 5.92 Å². The number of hydrogen-bond donors (Lipinski definition) is 1. The van der Waals surface area contributed by atoms with Gasteiger partial charge in [0.15, 0.2) is 0 Å². The molecular weight excluding hydrogens is 378 g/mol. The lowest BCUT2D eigenvalue weighted by atomic mass is 9.99. The zero-order chi connectivity index (χ0) is 19.9. The van der Waals surface area contributed by atoms with Gasteiger partial charge in [0.25, 0.3) is 0 Å². The number of rotatable bonds is 4. The average Bonchev–Trinajstić information content (AvgIpc) is 3.51. The van der Waals surface area contributed by atoms with Gasteiger partial charge in [-0.25, -0.2) is 8.42 Å². The minimum atomic E-state index is -3.66. The van der Waals surface area contributed by atoms with E-state index in [1.807, 2.05) is 0 Å². The van der Waals surface area contributed by atoms with E-state index in [1.165, 1.54) is 11.2 Å². The summed E-state index contributed by atoms with van der Waals surface area (Å²) in [5.41, 5.74) is 1.69. The lowest BCUT2D eigenvalue weighted by Crippen LogP contribution is -2.45. The third-order valence-corrected chi connectivity index (χ3v) is 7.73. The van der Waals surface area contributed by atoms with E-state index in [9.17, 15) is 18.0 Å². The average molecular weight is 406 g/mol. The highest BCUT2D eigenvalue weighted by Gasteiger charge is 2.35. The van der Waals surface area contributed by atoms with Crippen LogP contribution in [0.3, 0.4) is 0 Å². The maximum Gasteiger partial charge on any atom is 0.243 e. The first-order valence-corrected chi connectivity index (χ1v) is 11.5. The Bertz CT molecular complexity index is 895. The Morgan fingerprint density at radius 3 is 2.61 bits per heavy atom. The number of nitrogens with zero attached hydrogens (tertiary/aromatic N) is 2. The summed E-state index contributed by atoms with van der Waals surface area (Å²) in [5, 5.41) is 2.99. The Kier molecular flexibility index (Phi) is 5.18. The van der Waals surface area contributed by atoms with Crippen molar-refractivity contribution in [3.63, 3.8) is 0 Å². The van der Waals surface area contributed by atoms with E-state index in [4.69, 9.17) is 0 Å². The highest BCUT2D eigenvalue weighted by Crippen LogP contribution is 2.32. The van der Waals surface area contributed by atoms with Gasteiger partial charge in [-0.2, -0.15) is 4.31 Å². The molecule has 1 aromatic rings. The molecule has 2 aliphatic heterocycles. The molecule has 4 rings (SSSR count). The number of fused-ring (bicyclic) bond motifs is 1. The highest BCUT2D eigenvalue weighted by molar-refractivity contribution is 7.89. The smallest absolute Gasteiger partial charge is 0.243 e. The molecule has 1 N–H and O–H groups in total. The van der Waals surface area contributed by atoms with E-state index in [1.54, 1.807) is 23.1 Å². The Morgan fingerprint density at radius 2 is 1.89 bits per heavy atom. The van der Waals surface area contributed by atoms with Crippen LogP contribution in [0.2, 0.25) is 0 Å². The summed E-state index contributed by atoms with van der Waals surface area (Å²) in [6.07, 6.45) is 5.03. The molecule has 0 bridgehead atoms. The maximum absolute atomic E-state index is 13.2. The van der Waals surface area contributed by atoms with Gasteiger partial charge in [-0.1, -0.05) is 0 Å². The zero-order valence-electron chi connectivity index (χ0n) is 16.2. The van der Waals surface area contributed by atoms with Crippen LogP contribution in [-0.4, -0.2) is 50.2 Å². The molecule has 8 heteroatoms. The summed E-state index contributed by atoms with van der Waals surface area (Å²) in [5.74, 6) is -0.336. The predicted molar refractivity (Wildman–Crippen MR) is 105 cm³/mol. The largest absolute Gasteiger partial charge is 0.353 e. The Hall–Kier alpha value is -1.93. The van der Waals surface area contributed by atoms with Crippen molar-refractivity contribution in [2.75, 3.05) is 24.5 Å². The van der Waals surface area contributed by atoms with Gasteiger partial charge in [-0.15, -0.1) is 0 Å². The molecule has 0 unspecified atom stereocenters. The second-order valence-electron chi connectivity index (χ2n) is 8.05. The molecular formula is C20H27N3O4S. The second-order valence-corrected chi connectivity index (χ2v) is 9.99. The Morgan fingerprint density at radius 1 is 1.11 bits per heavy atom. The van der Waals surface area contributed by atoms with E-state index >= 15 is 0 Å². The lowest BCUT2D eigenvalue weighted by Gasteiger charge is -2.32. The molecule has 3 aliphatic rings. The highest BCUT2D eigenvalue weighted by atomic mass is 32.2. The summed E-state index contributed by atoms with van der Waals surface area (Å²) < 4.78 is 27.9. The molecule has 2 fully saturated rings. The van der Waals surface area contributed by atoms with Crippen molar-refractivity contribution in [1.82, 2.24) is 9.62 Å². The van der Waals surface area contributed by atoms with Gasteiger partial charge in [0.05, 0.1) is 10.8 Å². The predicted octanol–water partition coefficient (Wildman–Crippen LogP) is 1.67. The summed E-state index contributed by atoms with van der Waals surface area (Å²) in [6.45, 7) is 2.86. The summed E-state index contributed by atoms with van der Waals surface area (Å²) in [4.78, 5) is 26.2. The molecule has 7 nitrogen and oxygen atoms in total. The fraction of sp³-hybridized carbons (Fsp3) is 0.600. The Balaban J connectivity index is 1.54. The maximum atomic E-state index is 13.2. The number of hydrogen-bond acceptors (Lipinski definition) is 4. The van der Waals surface area contributed by atoms with Crippen LogP contribution in [0.15, 0.2) is 23.1 Å². The number of amides is 2. The first kappa shape index (κ1) is 19.4. The molecule has 1 atom stereocenters. The van der Waals surface area contributed by atoms with Gasteiger partial charge in [-0.3, -0.25) is 9.59 Å². The topological polar surface area (TPSA) is 86.8 Å². The fourth-order valence-corrected chi connectivity index (χ4v) is 5.71. The van der Waals surface area contributed by atoms with Gasteiger partial charge in [0, 0.05) is 38.3 Å². The molecule has 0 radical (unpaired) electrons. The molecule has 1 saturated heterocycles. The fourth-order valence-electron chi connectivity index (χ4n) is 4.13. The molecule has 2 amide bonds. The number of aryl methyl sites for hydroxylation is 1. The van der Waals surface area contributed by atoms with Crippen LogP contribution in [0.1, 0.15) is 44.6 Å². The van der Waals surface area contributed by atoms with Gasteiger partial charge < -0.3 is 10.2 Å². The minimum Gasteiger partial charge on any atom is -0.353 e. The number of piperidine rings is 1. The first-order chi connectivity index (χ1) is 13.4. The summed E-state index contributed by atoms with van der Waals surface area (Å²) in [7, 11) is -3.66. The third kappa shape index (κ3) is 3.80. The normalized spacial score (nSPS) is 23.2. The number of sulfonamides is 1. The number of benzene rings is 1. The molecule has 2 heterocycles. The van der Waals surface area contributed by atoms with Gasteiger partial charge in [0.2, 0.25) is 21.8 Å². The van der Waals surface area contributed by atoms with Crippen molar-refractivity contribution in [3.05, 3.63) is 23.8 Å². The second kappa shape index (κ2) is 7.48. The SMILES string of the molecule is CC(=O)N1CCCc2cc(S(=O)(=O)N3CCC[C@H](C(=O)NC4CC4)C3)ccc21. The van der Waals surface area contributed by atoms with Crippen molar-refractivity contribution < 1.29 is 18.0 Å². The first-order valence-electron chi connectivity index (χ1n) is 10.1. The molecule has 152 valence electrons. The van der Waals surface area contributed by atoms with E-state index in [-0.39, 0.29) is 35.2 Å². The number of carbonyl (C=O) groups excluding carboxylic acids is 2. The van der Waals surface area contributed by atoms with Crippen LogP contribution in [0.4, 0.5) is 5.69 Å². The number of anilines is 1. The van der Waals surface area contributed by atoms with E-state index in [0.29, 0.717) is 19.5 Å². The standard InChI is InChI=1S/C20H27N3O4S/c1-14(24)23-11-3-4-15-12-18(8-9-19(15)23)28(26,27)22-10-2-5-16(13-22)20(25)21-17-6-7-17/h8-9,12,16-17H,2-7,10-11,13H2,1H3,(H,21,25)/t16-/m0/s1. The molecule has 1 saturated carbocycles. The van der Waals surface area contributed by atoms with Crippen molar-refractivity contribution in [2.45, 2.75) is 56.4 Å². The van der Waals surface area contributed by atoms with E-state index in [2.05, 4.69) is 5.32 Å². The van der Waals surface area contributed by atoms with Crippen LogP contribution in [0.5, 0.6) is 0 Å². The van der Waals surface area contributed by atoms with Gasteiger partial charge >= 0.3 is 0 Å². The number of nitrogens with one attached hydrogen (secondary N) is 1. The molecule has 1 aliphatic carbocycles. The molecule has 28 heavy (non-hydrogen) atoms. The van der Waals surface area contributed by atoms with Crippen molar-refractivity contribution in [1.29, 1.82) is 0 Å². The van der Waals surface area contributed by atoms with Crippen LogP contribution < -0.4 is 10.2 Å². The van der Waals surface area contributed by atoms with Crippen LogP contribution in [-0.2, 0) is 26.0 Å². The summed E-state index contributed by atoms with van der Waals surface area (Å²) >= 11 is 0. The summed E-state index contributed by atoms with van der Waals surface area (Å²) in [6, 6.07) is 5.31. The third-order valence-electron chi connectivity index (χ3n) is 5.87. The minimum absolute atomic E-state index is 0.0232. The van der Waals surface area contributed by atoms with Crippen LogP contribution in [0.25, 0.3) is 0 Å². The van der Waals surface area contributed by atoms with Gasteiger partial charge in [-0.05, 0) is 62.3 Å². The zero-order valence-corrected chi connectivity index (χ0v) is 17.0. The Labute approximate surface area is 166 Å². The molecule has 0 spiro atoms. The molecule has 1 aromatic carbocycles. The van der Waals surface area contributed by atoms with Crippen molar-refractivity contribution in [2.24, 2.45) is 5.92 Å². The van der Waals surface area contributed by atoms with Gasteiger partial charge in [0.1, 0.15) is 0 Å². The van der Waals surface area contributed by atoms with Crippen molar-refractivity contribution >= 4 is 27.5 Å².